The van der Waals surface area contributed by atoms with E-state index in [1.807, 2.05) is 24.3 Å². The molecule has 1 aromatic rings. The van der Waals surface area contributed by atoms with E-state index < -0.39 is 5.54 Å². The van der Waals surface area contributed by atoms with Crippen molar-refractivity contribution >= 4 is 11.7 Å². The summed E-state index contributed by atoms with van der Waals surface area (Å²) in [6.45, 7) is 2.09. The molecule has 19 heavy (non-hydrogen) atoms. The summed E-state index contributed by atoms with van der Waals surface area (Å²) in [5.41, 5.74) is 1.56. The highest BCUT2D eigenvalue weighted by Gasteiger charge is 2.34. The van der Waals surface area contributed by atoms with E-state index in [0.717, 1.165) is 37.8 Å². The van der Waals surface area contributed by atoms with Gasteiger partial charge < -0.3 is 15.7 Å². The lowest BCUT2D eigenvalue weighted by atomic mass is 9.99. The van der Waals surface area contributed by atoms with Crippen LogP contribution in [0.15, 0.2) is 24.3 Å². The normalized spacial score (nSPS) is 17.2. The molecular weight excluding hydrogens is 240 g/mol. The SMILES string of the molecule is CCc1cccc(NC(=O)NC2(CO)CCCC2)c1. The second kappa shape index (κ2) is 6.06. The van der Waals surface area contributed by atoms with Crippen LogP contribution in [0.4, 0.5) is 10.5 Å². The van der Waals surface area contributed by atoms with Crippen LogP contribution in [0.3, 0.4) is 0 Å². The summed E-state index contributed by atoms with van der Waals surface area (Å²) in [4.78, 5) is 12.0. The maximum absolute atomic E-state index is 12.0. The van der Waals surface area contributed by atoms with Crippen molar-refractivity contribution in [1.82, 2.24) is 5.32 Å². The van der Waals surface area contributed by atoms with Crippen molar-refractivity contribution in [3.63, 3.8) is 0 Å². The molecule has 1 aromatic carbocycles. The lowest BCUT2D eigenvalue weighted by molar-refractivity contribution is 0.167. The molecule has 0 spiro atoms. The monoisotopic (exact) mass is 262 g/mol. The number of amides is 2. The number of aliphatic hydroxyl groups excluding tert-OH is 1. The van der Waals surface area contributed by atoms with Gasteiger partial charge in [0.05, 0.1) is 12.1 Å². The van der Waals surface area contributed by atoms with Crippen molar-refractivity contribution in [2.75, 3.05) is 11.9 Å². The second-order valence-electron chi connectivity index (χ2n) is 5.28. The Morgan fingerprint density at radius 1 is 1.37 bits per heavy atom. The van der Waals surface area contributed by atoms with Crippen LogP contribution < -0.4 is 10.6 Å². The Kier molecular flexibility index (Phi) is 4.43. The van der Waals surface area contributed by atoms with Gasteiger partial charge >= 0.3 is 6.03 Å². The smallest absolute Gasteiger partial charge is 0.319 e. The van der Waals surface area contributed by atoms with E-state index in [-0.39, 0.29) is 12.6 Å². The van der Waals surface area contributed by atoms with Crippen molar-refractivity contribution in [3.05, 3.63) is 29.8 Å². The first kappa shape index (κ1) is 13.9. The van der Waals surface area contributed by atoms with Crippen LogP contribution in [0, 0.1) is 0 Å². The van der Waals surface area contributed by atoms with Gasteiger partial charge in [-0.15, -0.1) is 0 Å². The molecule has 0 aliphatic heterocycles. The van der Waals surface area contributed by atoms with Gasteiger partial charge in [-0.1, -0.05) is 31.9 Å². The number of anilines is 1. The second-order valence-corrected chi connectivity index (χ2v) is 5.28. The van der Waals surface area contributed by atoms with Crippen LogP contribution in [-0.4, -0.2) is 23.3 Å². The molecule has 2 amide bonds. The van der Waals surface area contributed by atoms with Crippen LogP contribution >= 0.6 is 0 Å². The van der Waals surface area contributed by atoms with E-state index in [2.05, 4.69) is 17.6 Å². The minimum Gasteiger partial charge on any atom is -0.394 e. The molecule has 4 nitrogen and oxygen atoms in total. The largest absolute Gasteiger partial charge is 0.394 e. The average molecular weight is 262 g/mol. The van der Waals surface area contributed by atoms with Crippen molar-refractivity contribution < 1.29 is 9.90 Å². The van der Waals surface area contributed by atoms with Gasteiger partial charge in [-0.3, -0.25) is 0 Å². The molecule has 3 N–H and O–H groups in total. The van der Waals surface area contributed by atoms with Gasteiger partial charge in [0.1, 0.15) is 0 Å². The maximum Gasteiger partial charge on any atom is 0.319 e. The van der Waals surface area contributed by atoms with E-state index >= 15 is 0 Å². The molecule has 104 valence electrons. The van der Waals surface area contributed by atoms with Crippen molar-refractivity contribution in [2.24, 2.45) is 0 Å². The number of aliphatic hydroxyl groups is 1. The summed E-state index contributed by atoms with van der Waals surface area (Å²) < 4.78 is 0. The van der Waals surface area contributed by atoms with Crippen LogP contribution in [0.2, 0.25) is 0 Å². The lowest BCUT2D eigenvalue weighted by Gasteiger charge is -2.28. The van der Waals surface area contributed by atoms with Gasteiger partial charge in [0, 0.05) is 5.69 Å². The zero-order chi connectivity index (χ0) is 13.7. The minimum atomic E-state index is -0.424. The lowest BCUT2D eigenvalue weighted by Crippen LogP contribution is -2.50. The summed E-state index contributed by atoms with van der Waals surface area (Å²) >= 11 is 0. The number of hydrogen-bond acceptors (Lipinski definition) is 2. The molecule has 1 saturated carbocycles. The summed E-state index contributed by atoms with van der Waals surface area (Å²) in [5, 5.41) is 15.2. The average Bonchev–Trinajstić information content (AvgIpc) is 2.88. The molecular formula is C15H22N2O2. The van der Waals surface area contributed by atoms with Crippen molar-refractivity contribution in [1.29, 1.82) is 0 Å². The van der Waals surface area contributed by atoms with Crippen LogP contribution in [-0.2, 0) is 6.42 Å². The number of carbonyl (C=O) groups excluding carboxylic acids is 1. The number of aryl methyl sites for hydroxylation is 1. The molecule has 0 saturated heterocycles. The Labute approximate surface area is 114 Å². The zero-order valence-electron chi connectivity index (χ0n) is 11.4. The summed E-state index contributed by atoms with van der Waals surface area (Å²) in [6, 6.07) is 7.59. The molecule has 0 heterocycles. The number of carbonyl (C=O) groups is 1. The quantitative estimate of drug-likeness (QED) is 0.781. The molecule has 0 radical (unpaired) electrons. The van der Waals surface area contributed by atoms with Gasteiger partial charge in [-0.25, -0.2) is 4.79 Å². The Bertz CT molecular complexity index is 440. The fraction of sp³-hybridized carbons (Fsp3) is 0.533. The van der Waals surface area contributed by atoms with Gasteiger partial charge in [-0.2, -0.15) is 0 Å². The molecule has 0 bridgehead atoms. The van der Waals surface area contributed by atoms with Crippen molar-refractivity contribution in [3.8, 4) is 0 Å². The van der Waals surface area contributed by atoms with Crippen LogP contribution in [0.5, 0.6) is 0 Å². The Balaban J connectivity index is 1.96. The van der Waals surface area contributed by atoms with E-state index in [1.165, 1.54) is 5.56 Å². The van der Waals surface area contributed by atoms with Gasteiger partial charge in [-0.05, 0) is 37.0 Å². The standard InChI is InChI=1S/C15H22N2O2/c1-2-12-6-5-7-13(10-12)16-14(19)17-15(11-18)8-3-4-9-15/h5-7,10,18H,2-4,8-9,11H2,1H3,(H2,16,17,19). The molecule has 4 heteroatoms. The number of urea groups is 1. The molecule has 1 fully saturated rings. The predicted octanol–water partition coefficient (Wildman–Crippen LogP) is 2.68. The number of rotatable bonds is 4. The molecule has 2 rings (SSSR count). The van der Waals surface area contributed by atoms with Gasteiger partial charge in [0.2, 0.25) is 0 Å². The van der Waals surface area contributed by atoms with E-state index in [9.17, 15) is 9.90 Å². The van der Waals surface area contributed by atoms with Crippen molar-refractivity contribution in [2.45, 2.75) is 44.6 Å². The molecule has 1 aliphatic rings. The number of benzene rings is 1. The highest BCUT2D eigenvalue weighted by Crippen LogP contribution is 2.29. The van der Waals surface area contributed by atoms with Gasteiger partial charge in [0.25, 0.3) is 0 Å². The summed E-state index contributed by atoms with van der Waals surface area (Å²) in [6.07, 6.45) is 4.77. The third-order valence-electron chi connectivity index (χ3n) is 3.84. The maximum atomic E-state index is 12.0. The molecule has 0 atom stereocenters. The first-order chi connectivity index (χ1) is 9.17. The highest BCUT2D eigenvalue weighted by atomic mass is 16.3. The Morgan fingerprint density at radius 2 is 2.11 bits per heavy atom. The number of nitrogens with one attached hydrogen (secondary N) is 2. The van der Waals surface area contributed by atoms with Crippen LogP contribution in [0.25, 0.3) is 0 Å². The first-order valence-electron chi connectivity index (χ1n) is 6.96. The minimum absolute atomic E-state index is 0.00934. The summed E-state index contributed by atoms with van der Waals surface area (Å²) in [5.74, 6) is 0. The molecule has 1 aliphatic carbocycles. The fourth-order valence-electron chi connectivity index (χ4n) is 2.65. The Hall–Kier alpha value is -1.55. The van der Waals surface area contributed by atoms with Crippen LogP contribution in [0.1, 0.15) is 38.2 Å². The molecule has 0 unspecified atom stereocenters. The predicted molar refractivity (Wildman–Crippen MR) is 76.3 cm³/mol. The molecule has 0 aromatic heterocycles. The highest BCUT2D eigenvalue weighted by molar-refractivity contribution is 5.89. The third kappa shape index (κ3) is 3.47. The van der Waals surface area contributed by atoms with E-state index in [1.54, 1.807) is 0 Å². The third-order valence-corrected chi connectivity index (χ3v) is 3.84. The van der Waals surface area contributed by atoms with E-state index in [0.29, 0.717) is 0 Å². The zero-order valence-corrected chi connectivity index (χ0v) is 11.4. The van der Waals surface area contributed by atoms with E-state index in [4.69, 9.17) is 0 Å². The number of hydrogen-bond donors (Lipinski definition) is 3. The summed E-state index contributed by atoms with van der Waals surface area (Å²) in [7, 11) is 0. The Morgan fingerprint density at radius 3 is 2.74 bits per heavy atom. The van der Waals surface area contributed by atoms with Gasteiger partial charge in [0.15, 0.2) is 0 Å². The fourth-order valence-corrected chi connectivity index (χ4v) is 2.65. The first-order valence-corrected chi connectivity index (χ1v) is 6.96. The topological polar surface area (TPSA) is 61.4 Å².